The van der Waals surface area contributed by atoms with Crippen molar-refractivity contribution in [3.05, 3.63) is 63.6 Å². The second-order valence-corrected chi connectivity index (χ2v) is 7.26. The van der Waals surface area contributed by atoms with Gasteiger partial charge in [-0.05, 0) is 42.2 Å². The van der Waals surface area contributed by atoms with E-state index in [1.807, 2.05) is 36.4 Å². The lowest BCUT2D eigenvalue weighted by Crippen LogP contribution is -2.25. The number of hydrogen-bond acceptors (Lipinski definition) is 6. The first-order chi connectivity index (χ1) is 15.0. The maximum absolute atomic E-state index is 12.4. The van der Waals surface area contributed by atoms with Crippen LogP contribution >= 0.6 is 15.9 Å². The molecule has 8 heteroatoms. The summed E-state index contributed by atoms with van der Waals surface area (Å²) < 4.78 is 15.8. The first-order valence-corrected chi connectivity index (χ1v) is 10.3. The molecule has 0 unspecified atom stereocenters. The molecule has 2 rings (SSSR count). The van der Waals surface area contributed by atoms with Gasteiger partial charge in [0.15, 0.2) is 18.1 Å². The van der Waals surface area contributed by atoms with E-state index in [1.54, 1.807) is 12.1 Å². The summed E-state index contributed by atoms with van der Waals surface area (Å²) in [6.07, 6.45) is 3.06. The molecule has 0 aliphatic rings. The predicted molar refractivity (Wildman–Crippen MR) is 120 cm³/mol. The zero-order valence-electron chi connectivity index (χ0n) is 17.3. The molecule has 7 nitrogen and oxygen atoms in total. The van der Waals surface area contributed by atoms with E-state index >= 15 is 0 Å². The van der Waals surface area contributed by atoms with E-state index in [0.29, 0.717) is 28.1 Å². The van der Waals surface area contributed by atoms with Crippen LogP contribution in [-0.2, 0) is 20.7 Å². The molecular weight excluding hydrogens is 464 g/mol. The number of rotatable bonds is 10. The first kappa shape index (κ1) is 24.0. The van der Waals surface area contributed by atoms with Gasteiger partial charge in [0, 0.05) is 11.0 Å². The van der Waals surface area contributed by atoms with E-state index in [4.69, 9.17) is 9.47 Å². The molecule has 1 amide bonds. The van der Waals surface area contributed by atoms with Gasteiger partial charge in [-0.2, -0.15) is 5.26 Å². The van der Waals surface area contributed by atoms with Crippen LogP contribution in [0.25, 0.3) is 6.08 Å². The van der Waals surface area contributed by atoms with Crippen LogP contribution in [0, 0.1) is 11.3 Å². The smallest absolute Gasteiger partial charge is 0.343 e. The van der Waals surface area contributed by atoms with Gasteiger partial charge < -0.3 is 19.5 Å². The third-order valence-corrected chi connectivity index (χ3v) is 4.98. The maximum Gasteiger partial charge on any atom is 0.343 e. The summed E-state index contributed by atoms with van der Waals surface area (Å²) in [6, 6.07) is 15.1. The van der Waals surface area contributed by atoms with Crippen molar-refractivity contribution in [3.8, 4) is 17.6 Å². The number of benzene rings is 2. The number of amides is 1. The standard InChI is InChI=1S/C23H23BrN2O5/c1-29-20-12-17(19(24)13-21(20)31-15-22(27)30-2)11-18(14-25)23(28)26-10-6-9-16-7-4-3-5-8-16/h3-5,7-8,11-13H,6,9-10,15H2,1-2H3,(H,26,28)/b18-11-. The van der Waals surface area contributed by atoms with Gasteiger partial charge in [-0.25, -0.2) is 4.79 Å². The van der Waals surface area contributed by atoms with Gasteiger partial charge >= 0.3 is 5.97 Å². The molecule has 0 aliphatic heterocycles. The van der Waals surface area contributed by atoms with Crippen LogP contribution in [0.15, 0.2) is 52.5 Å². The van der Waals surface area contributed by atoms with Crippen molar-refractivity contribution in [2.24, 2.45) is 0 Å². The monoisotopic (exact) mass is 486 g/mol. The fourth-order valence-electron chi connectivity index (χ4n) is 2.67. The van der Waals surface area contributed by atoms with Crippen molar-refractivity contribution < 1.29 is 23.8 Å². The van der Waals surface area contributed by atoms with Crippen LogP contribution in [0.3, 0.4) is 0 Å². The minimum atomic E-state index is -0.530. The van der Waals surface area contributed by atoms with Gasteiger partial charge in [0.2, 0.25) is 0 Å². The largest absolute Gasteiger partial charge is 0.493 e. The fraction of sp³-hybridized carbons (Fsp3) is 0.261. The third-order valence-electron chi connectivity index (χ3n) is 4.29. The highest BCUT2D eigenvalue weighted by molar-refractivity contribution is 9.10. The second kappa shape index (κ2) is 12.4. The van der Waals surface area contributed by atoms with E-state index in [0.717, 1.165) is 12.8 Å². The number of carbonyl (C=O) groups excluding carboxylic acids is 2. The minimum Gasteiger partial charge on any atom is -0.493 e. The highest BCUT2D eigenvalue weighted by Crippen LogP contribution is 2.34. The number of halogens is 1. The van der Waals surface area contributed by atoms with Gasteiger partial charge in [0.05, 0.1) is 14.2 Å². The number of nitriles is 1. The van der Waals surface area contributed by atoms with Crippen LogP contribution in [0.5, 0.6) is 11.5 Å². The Labute approximate surface area is 189 Å². The van der Waals surface area contributed by atoms with Crippen LogP contribution in [0.1, 0.15) is 17.5 Å². The molecule has 0 saturated carbocycles. The van der Waals surface area contributed by atoms with Crippen molar-refractivity contribution in [2.75, 3.05) is 27.4 Å². The molecule has 0 atom stereocenters. The van der Waals surface area contributed by atoms with E-state index in [-0.39, 0.29) is 12.2 Å². The number of esters is 1. The van der Waals surface area contributed by atoms with Crippen LogP contribution in [0.2, 0.25) is 0 Å². The Morgan fingerprint density at radius 1 is 1.16 bits per heavy atom. The summed E-state index contributed by atoms with van der Waals surface area (Å²) in [5.41, 5.74) is 1.71. The predicted octanol–water partition coefficient (Wildman–Crippen LogP) is 3.67. The molecule has 162 valence electrons. The number of aryl methyl sites for hydroxylation is 1. The lowest BCUT2D eigenvalue weighted by Gasteiger charge is -2.12. The second-order valence-electron chi connectivity index (χ2n) is 6.40. The van der Waals surface area contributed by atoms with Crippen LogP contribution in [-0.4, -0.2) is 39.2 Å². The molecule has 2 aromatic rings. The van der Waals surface area contributed by atoms with E-state index in [9.17, 15) is 14.9 Å². The topological polar surface area (TPSA) is 97.7 Å². The number of ether oxygens (including phenoxy) is 3. The van der Waals surface area contributed by atoms with Crippen LogP contribution < -0.4 is 14.8 Å². The van der Waals surface area contributed by atoms with Gasteiger partial charge in [0.25, 0.3) is 5.91 Å². The molecule has 0 radical (unpaired) electrons. The Bertz CT molecular complexity index is 983. The zero-order valence-corrected chi connectivity index (χ0v) is 18.9. The quantitative estimate of drug-likeness (QED) is 0.238. The molecule has 0 fully saturated rings. The minimum absolute atomic E-state index is 0.0364. The first-order valence-electron chi connectivity index (χ1n) is 9.49. The van der Waals surface area contributed by atoms with E-state index in [1.165, 1.54) is 25.9 Å². The van der Waals surface area contributed by atoms with Crippen molar-refractivity contribution in [3.63, 3.8) is 0 Å². The zero-order chi connectivity index (χ0) is 22.6. The fourth-order valence-corrected chi connectivity index (χ4v) is 3.10. The molecule has 2 aromatic carbocycles. The highest BCUT2D eigenvalue weighted by atomic mass is 79.9. The molecule has 1 N–H and O–H groups in total. The molecular formula is C23H23BrN2O5. The molecule has 0 aliphatic carbocycles. The average Bonchev–Trinajstić information content (AvgIpc) is 2.80. The van der Waals surface area contributed by atoms with Gasteiger partial charge in [-0.15, -0.1) is 0 Å². The van der Waals surface area contributed by atoms with E-state index < -0.39 is 11.9 Å². The number of hydrogen-bond donors (Lipinski definition) is 1. The Morgan fingerprint density at radius 2 is 1.90 bits per heavy atom. The van der Waals surface area contributed by atoms with Gasteiger partial charge in [0.1, 0.15) is 11.6 Å². The Hall–Kier alpha value is -3.31. The normalized spacial score (nSPS) is 10.7. The van der Waals surface area contributed by atoms with Crippen LogP contribution in [0.4, 0.5) is 0 Å². The SMILES string of the molecule is COC(=O)COc1cc(Br)c(/C=C(/C#N)C(=O)NCCCc2ccccc2)cc1OC. The number of methoxy groups -OCH3 is 2. The number of nitrogens with zero attached hydrogens (tertiary/aromatic N) is 1. The summed E-state index contributed by atoms with van der Waals surface area (Å²) >= 11 is 3.39. The lowest BCUT2D eigenvalue weighted by atomic mass is 10.1. The van der Waals surface area contributed by atoms with Crippen molar-refractivity contribution in [1.82, 2.24) is 5.32 Å². The number of carbonyl (C=O) groups is 2. The summed E-state index contributed by atoms with van der Waals surface area (Å²) in [7, 11) is 2.72. The van der Waals surface area contributed by atoms with Crippen molar-refractivity contribution >= 4 is 33.9 Å². The summed E-state index contributed by atoms with van der Waals surface area (Å²) in [6.45, 7) is 0.181. The maximum atomic E-state index is 12.4. The average molecular weight is 487 g/mol. The molecule has 0 saturated heterocycles. The Kier molecular flexibility index (Phi) is 9.59. The molecule has 0 aromatic heterocycles. The molecule has 0 bridgehead atoms. The van der Waals surface area contributed by atoms with Gasteiger partial charge in [-0.1, -0.05) is 46.3 Å². The molecule has 0 heterocycles. The molecule has 0 spiro atoms. The number of nitrogens with one attached hydrogen (secondary N) is 1. The highest BCUT2D eigenvalue weighted by Gasteiger charge is 2.14. The summed E-state index contributed by atoms with van der Waals surface area (Å²) in [4.78, 5) is 23.7. The van der Waals surface area contributed by atoms with Gasteiger partial charge in [-0.3, -0.25) is 4.79 Å². The lowest BCUT2D eigenvalue weighted by molar-refractivity contribution is -0.142. The summed E-state index contributed by atoms with van der Waals surface area (Å²) in [5.74, 6) is -0.315. The van der Waals surface area contributed by atoms with Crippen molar-refractivity contribution in [2.45, 2.75) is 12.8 Å². The Balaban J connectivity index is 2.05. The third kappa shape index (κ3) is 7.46. The Morgan fingerprint density at radius 3 is 2.55 bits per heavy atom. The van der Waals surface area contributed by atoms with Crippen molar-refractivity contribution in [1.29, 1.82) is 5.26 Å². The summed E-state index contributed by atoms with van der Waals surface area (Å²) in [5, 5.41) is 12.2. The van der Waals surface area contributed by atoms with E-state index in [2.05, 4.69) is 26.0 Å². The molecule has 31 heavy (non-hydrogen) atoms.